The zero-order chi connectivity index (χ0) is 49.5. The van der Waals surface area contributed by atoms with Crippen molar-refractivity contribution in [2.45, 2.75) is 139 Å². The lowest BCUT2D eigenvalue weighted by molar-refractivity contribution is -0.230. The summed E-state index contributed by atoms with van der Waals surface area (Å²) in [6.45, 7) is 31.9. The highest BCUT2D eigenvalue weighted by Gasteiger charge is 2.63. The van der Waals surface area contributed by atoms with Crippen molar-refractivity contribution in [3.63, 3.8) is 0 Å². The second-order valence-electron chi connectivity index (χ2n) is 18.4. The van der Waals surface area contributed by atoms with Gasteiger partial charge in [-0.25, -0.2) is 4.79 Å². The molecule has 3 rings (SSSR count). The van der Waals surface area contributed by atoms with Crippen LogP contribution in [0.1, 0.15) is 72.4 Å². The van der Waals surface area contributed by atoms with Crippen molar-refractivity contribution < 1.29 is 54.8 Å². The summed E-state index contributed by atoms with van der Waals surface area (Å²) in [4.78, 5) is 29.0. The molecule has 2 N–H and O–H groups in total. The number of carbonyl (C=O) groups is 2. The highest BCUT2D eigenvalue weighted by atomic mass is 28.2. The molecule has 2 aromatic carbocycles. The molecule has 360 valence electrons. The standard InChI is InChI=1S/C45H71NO12Si8/c1-42(2,37(51-59-9)52-60-10)32(25-46-41(49)50-26-31-29-23-19-17-21-27(29)28-22-18-20-24-30(28)31)33(43(3,4)38(53-61-11)54-62-12)34(44(5,6)39(55-63-13)56-64-14)35(36(47)48)45(7,8)40(57-65-15)58-66-16/h17-24,31-35,37-40H,25-26H2,1-16H3,(H,46,49)(H,47,48). The van der Waals surface area contributed by atoms with E-state index in [1.54, 1.807) is 0 Å². The number of rotatable bonds is 32. The van der Waals surface area contributed by atoms with Gasteiger partial charge in [-0.05, 0) is 92.4 Å². The minimum atomic E-state index is -1.16. The number of hydrogen-bond acceptors (Lipinski definition) is 11. The van der Waals surface area contributed by atoms with E-state index in [-0.39, 0.29) is 97.2 Å². The molecule has 0 heterocycles. The summed E-state index contributed by atoms with van der Waals surface area (Å²) < 4.78 is 58.1. The number of carboxylic acid groups (broad SMARTS) is 1. The van der Waals surface area contributed by atoms with E-state index in [0.29, 0.717) is 0 Å². The Hall–Kier alpha value is -1.40. The highest BCUT2D eigenvalue weighted by molar-refractivity contribution is 6.27. The zero-order valence-corrected chi connectivity index (χ0v) is 49.7. The van der Waals surface area contributed by atoms with Crippen LogP contribution in [0.4, 0.5) is 4.79 Å². The van der Waals surface area contributed by atoms with Gasteiger partial charge in [0.05, 0.1) is 5.92 Å². The number of nitrogens with one attached hydrogen (secondary N) is 1. The van der Waals surface area contributed by atoms with E-state index in [1.807, 2.05) is 104 Å². The van der Waals surface area contributed by atoms with Gasteiger partial charge in [0.2, 0.25) is 78.1 Å². The number of carboxylic acids is 1. The quantitative estimate of drug-likeness (QED) is 0.0541. The van der Waals surface area contributed by atoms with Gasteiger partial charge in [0, 0.05) is 34.1 Å². The second-order valence-corrected chi connectivity index (χ2v) is 23.5. The largest absolute Gasteiger partial charge is 0.481 e. The predicted octanol–water partition coefficient (Wildman–Crippen LogP) is 7.95. The van der Waals surface area contributed by atoms with Crippen LogP contribution in [-0.2, 0) is 44.9 Å². The Morgan fingerprint density at radius 2 is 0.864 bits per heavy atom. The molecule has 2 aromatic rings. The summed E-state index contributed by atoms with van der Waals surface area (Å²) in [5.41, 5.74) is 0.417. The van der Waals surface area contributed by atoms with Crippen molar-refractivity contribution in [1.29, 1.82) is 0 Å². The third-order valence-corrected chi connectivity index (χ3v) is 16.6. The normalized spacial score (nSPS) is 15.6. The summed E-state index contributed by atoms with van der Waals surface area (Å²) in [6.07, 6.45) is -3.85. The number of aliphatic carboxylic acids is 1. The maximum absolute atomic E-state index is 14.6. The Morgan fingerprint density at radius 1 is 0.530 bits per heavy atom. The van der Waals surface area contributed by atoms with Crippen molar-refractivity contribution in [3.05, 3.63) is 59.7 Å². The van der Waals surface area contributed by atoms with Gasteiger partial charge in [0.1, 0.15) is 31.8 Å². The van der Waals surface area contributed by atoms with E-state index in [4.69, 9.17) is 40.1 Å². The van der Waals surface area contributed by atoms with Crippen LogP contribution in [-0.4, -0.2) is 134 Å². The Bertz CT molecular complexity index is 1730. The lowest BCUT2D eigenvalue weighted by Gasteiger charge is -2.59. The van der Waals surface area contributed by atoms with Crippen molar-refractivity contribution in [2.75, 3.05) is 13.2 Å². The number of alkyl carbamates (subject to hydrolysis) is 1. The van der Waals surface area contributed by atoms with E-state index in [9.17, 15) is 14.7 Å². The van der Waals surface area contributed by atoms with Gasteiger partial charge in [0.25, 0.3) is 0 Å². The van der Waals surface area contributed by atoms with Gasteiger partial charge in [0.15, 0.2) is 0 Å². The summed E-state index contributed by atoms with van der Waals surface area (Å²) in [6, 6.07) is 16.5. The molecule has 1 aliphatic rings. The van der Waals surface area contributed by atoms with Crippen LogP contribution in [0.25, 0.3) is 11.1 Å². The Labute approximate surface area is 416 Å². The molecule has 0 fully saturated rings. The van der Waals surface area contributed by atoms with Crippen molar-refractivity contribution >= 4 is 90.2 Å². The number of fused-ring (bicyclic) bond motifs is 3. The molecule has 0 saturated heterocycles. The fourth-order valence-corrected chi connectivity index (χ4v) is 14.7. The van der Waals surface area contributed by atoms with Gasteiger partial charge in [-0.1, -0.05) is 104 Å². The molecule has 21 heteroatoms. The third-order valence-electron chi connectivity index (χ3n) is 13.0. The molecular weight excluding hydrogens is 971 g/mol. The summed E-state index contributed by atoms with van der Waals surface area (Å²) in [5.74, 6) is -4.42. The lowest BCUT2D eigenvalue weighted by Crippen LogP contribution is -2.63. The van der Waals surface area contributed by atoms with Crippen LogP contribution >= 0.6 is 0 Å². The predicted molar refractivity (Wildman–Crippen MR) is 267 cm³/mol. The summed E-state index contributed by atoms with van der Waals surface area (Å²) in [7, 11) is 0.403. The molecule has 0 aromatic heterocycles. The van der Waals surface area contributed by atoms with Crippen LogP contribution in [0.5, 0.6) is 0 Å². The molecule has 1 amide bonds. The fourth-order valence-electron chi connectivity index (χ4n) is 9.76. The number of carbonyl (C=O) groups excluding carboxylic acids is 1. The van der Waals surface area contributed by atoms with Crippen LogP contribution in [0.2, 0.25) is 52.4 Å². The van der Waals surface area contributed by atoms with Gasteiger partial charge in [-0.2, -0.15) is 0 Å². The topological polar surface area (TPSA) is 149 Å². The van der Waals surface area contributed by atoms with E-state index >= 15 is 0 Å². The molecular formula is C45H71NO12Si8. The average Bonchev–Trinajstić information content (AvgIpc) is 3.59. The van der Waals surface area contributed by atoms with E-state index in [1.165, 1.54) is 0 Å². The molecule has 16 radical (unpaired) electrons. The van der Waals surface area contributed by atoms with Gasteiger partial charge >= 0.3 is 12.1 Å². The molecule has 4 atom stereocenters. The van der Waals surface area contributed by atoms with Gasteiger partial charge in [-0.15, -0.1) is 0 Å². The summed E-state index contributed by atoms with van der Waals surface area (Å²) >= 11 is 0. The van der Waals surface area contributed by atoms with Crippen LogP contribution in [0.15, 0.2) is 48.5 Å². The first-order valence-corrected chi connectivity index (χ1v) is 33.4. The second kappa shape index (κ2) is 27.3. The Balaban J connectivity index is 2.44. The monoisotopic (exact) mass is 1040 g/mol. The van der Waals surface area contributed by atoms with E-state index in [0.717, 1.165) is 22.3 Å². The molecule has 66 heavy (non-hydrogen) atoms. The maximum atomic E-state index is 14.6. The number of amides is 1. The Morgan fingerprint density at radius 3 is 1.23 bits per heavy atom. The number of hydrogen-bond donors (Lipinski definition) is 2. The molecule has 0 spiro atoms. The van der Waals surface area contributed by atoms with Crippen molar-refractivity contribution in [2.24, 2.45) is 45.3 Å². The van der Waals surface area contributed by atoms with Crippen molar-refractivity contribution in [1.82, 2.24) is 5.32 Å². The molecule has 1 aliphatic carbocycles. The smallest absolute Gasteiger partial charge is 0.407 e. The first-order chi connectivity index (χ1) is 31.2. The number of benzene rings is 2. The third kappa shape index (κ3) is 13.9. The fraction of sp³-hybridized carbons (Fsp3) is 0.689. The molecule has 0 saturated carbocycles. The lowest BCUT2D eigenvalue weighted by atomic mass is 9.48. The Kier molecular flexibility index (Phi) is 24.3. The maximum Gasteiger partial charge on any atom is 0.407 e. The van der Waals surface area contributed by atoms with E-state index < -0.39 is 82.6 Å². The average molecular weight is 1040 g/mol. The minimum Gasteiger partial charge on any atom is -0.481 e. The number of ether oxygens (including phenoxy) is 1. The van der Waals surface area contributed by atoms with Crippen molar-refractivity contribution in [3.8, 4) is 11.1 Å². The van der Waals surface area contributed by atoms with Crippen LogP contribution in [0.3, 0.4) is 0 Å². The molecule has 13 nitrogen and oxygen atoms in total. The molecule has 0 aliphatic heterocycles. The highest BCUT2D eigenvalue weighted by Crippen LogP contribution is 2.60. The van der Waals surface area contributed by atoms with Crippen LogP contribution < -0.4 is 5.32 Å². The first kappa shape index (κ1) is 58.9. The van der Waals surface area contributed by atoms with E-state index in [2.05, 4.69) is 57.3 Å². The SMILES string of the molecule is C[Si]OC(O[Si]C)C(C)(C)C(CNC(=O)OCC1c2ccccc2-c2ccccc21)C(C(C(C(=O)O)C(C)(C)C(O[Si]C)O[Si]C)C(C)(C)C(O[Si]C)O[Si]C)C(C)(C)C(O[Si]C)O[Si]C. The van der Waals surface area contributed by atoms with Gasteiger partial charge < -0.3 is 50.6 Å². The summed E-state index contributed by atoms with van der Waals surface area (Å²) in [5, 5.41) is 15.2. The minimum absolute atomic E-state index is 0.0317. The first-order valence-electron chi connectivity index (χ1n) is 22.1. The van der Waals surface area contributed by atoms with Crippen LogP contribution in [0, 0.1) is 45.3 Å². The zero-order valence-electron chi connectivity index (χ0n) is 41.7. The molecule has 0 bridgehead atoms. The molecule has 4 unspecified atom stereocenters. The van der Waals surface area contributed by atoms with Gasteiger partial charge in [-0.3, -0.25) is 4.79 Å².